The topological polar surface area (TPSA) is 30.7 Å². The van der Waals surface area contributed by atoms with Crippen molar-refractivity contribution in [2.45, 2.75) is 71.0 Å². The maximum absolute atomic E-state index is 13.5. The predicted octanol–water partition coefficient (Wildman–Crippen LogP) is 4.47. The van der Waals surface area contributed by atoms with E-state index in [2.05, 4.69) is 10.3 Å². The molecule has 1 aromatic heterocycles. The first-order chi connectivity index (χ1) is 9.75. The summed E-state index contributed by atoms with van der Waals surface area (Å²) >= 11 is 0. The summed E-state index contributed by atoms with van der Waals surface area (Å²) in [6.45, 7) is 4.06. The van der Waals surface area contributed by atoms with Crippen LogP contribution < -0.4 is 0 Å². The normalized spacial score (nSPS) is 12.9. The first kappa shape index (κ1) is 17.8. The Morgan fingerprint density at radius 3 is 2.14 bits per heavy atom. The number of hydrogen-bond acceptors (Lipinski definition) is 2. The van der Waals surface area contributed by atoms with Gasteiger partial charge in [-0.05, 0) is 12.8 Å². The minimum absolute atomic E-state index is 0.0990. The van der Waals surface area contributed by atoms with Crippen LogP contribution in [0.4, 0.5) is 22.0 Å². The molecule has 0 unspecified atom stereocenters. The minimum atomic E-state index is -5.65. The molecule has 1 aromatic rings. The lowest BCUT2D eigenvalue weighted by Crippen LogP contribution is -2.35. The molecule has 0 bridgehead atoms. The first-order valence-electron chi connectivity index (χ1n) is 7.13. The third-order valence-corrected chi connectivity index (χ3v) is 3.20. The molecule has 122 valence electrons. The number of alkyl halides is 5. The molecule has 1 heterocycles. The summed E-state index contributed by atoms with van der Waals surface area (Å²) in [5.41, 5.74) is -1.37. The highest BCUT2D eigenvalue weighted by Crippen LogP contribution is 2.44. The molecule has 0 saturated heterocycles. The van der Waals surface area contributed by atoms with Crippen LogP contribution in [0.25, 0.3) is 0 Å². The van der Waals surface area contributed by atoms with E-state index in [1.807, 2.05) is 6.92 Å². The maximum Gasteiger partial charge on any atom is 0.459 e. The Morgan fingerprint density at radius 1 is 0.952 bits per heavy atom. The van der Waals surface area contributed by atoms with Crippen molar-refractivity contribution in [1.82, 2.24) is 15.0 Å². The van der Waals surface area contributed by atoms with E-state index in [0.717, 1.165) is 19.3 Å². The van der Waals surface area contributed by atoms with Crippen LogP contribution >= 0.6 is 0 Å². The fraction of sp³-hybridized carbons (Fsp3) is 0.846. The largest absolute Gasteiger partial charge is 0.459 e. The molecule has 0 atom stereocenters. The summed E-state index contributed by atoms with van der Waals surface area (Å²) in [7, 11) is 0. The lowest BCUT2D eigenvalue weighted by Gasteiger charge is -2.18. The number of aromatic nitrogens is 3. The van der Waals surface area contributed by atoms with Gasteiger partial charge < -0.3 is 0 Å². The van der Waals surface area contributed by atoms with E-state index in [1.165, 1.54) is 4.68 Å². The summed E-state index contributed by atoms with van der Waals surface area (Å²) in [6, 6.07) is 0. The predicted molar refractivity (Wildman–Crippen MR) is 68.1 cm³/mol. The quantitative estimate of drug-likeness (QED) is 0.524. The lowest BCUT2D eigenvalue weighted by atomic mass is 10.1. The molecule has 0 aliphatic rings. The molecule has 0 spiro atoms. The number of unbranched alkanes of at least 4 members (excludes halogenated alkanes) is 3. The van der Waals surface area contributed by atoms with E-state index in [1.54, 1.807) is 6.92 Å². The van der Waals surface area contributed by atoms with Crippen LogP contribution in [0, 0.1) is 0 Å². The zero-order chi connectivity index (χ0) is 16.1. The van der Waals surface area contributed by atoms with Crippen LogP contribution in [-0.4, -0.2) is 21.2 Å². The van der Waals surface area contributed by atoms with Gasteiger partial charge in [-0.15, -0.1) is 5.10 Å². The molecule has 0 aromatic carbocycles. The van der Waals surface area contributed by atoms with Gasteiger partial charge in [-0.1, -0.05) is 44.7 Å². The number of rotatable bonds is 8. The highest BCUT2D eigenvalue weighted by atomic mass is 19.4. The fourth-order valence-corrected chi connectivity index (χ4v) is 2.06. The number of aryl methyl sites for hydroxylation is 1. The Bertz CT molecular complexity index is 440. The van der Waals surface area contributed by atoms with Gasteiger partial charge in [0.15, 0.2) is 5.69 Å². The fourth-order valence-electron chi connectivity index (χ4n) is 2.06. The van der Waals surface area contributed by atoms with Crippen molar-refractivity contribution in [3.63, 3.8) is 0 Å². The number of hydrogen-bond donors (Lipinski definition) is 0. The SMILES string of the molecule is CCCCCCn1nnc(C(F)(F)C(F)(F)F)c1CCC. The molecule has 0 N–H and O–H groups in total. The zero-order valence-electron chi connectivity index (χ0n) is 12.2. The summed E-state index contributed by atoms with van der Waals surface area (Å²) in [4.78, 5) is 0. The van der Waals surface area contributed by atoms with E-state index < -0.39 is 17.8 Å². The van der Waals surface area contributed by atoms with Gasteiger partial charge >= 0.3 is 12.1 Å². The van der Waals surface area contributed by atoms with Crippen LogP contribution in [0.15, 0.2) is 0 Å². The first-order valence-corrected chi connectivity index (χ1v) is 7.13. The van der Waals surface area contributed by atoms with Crippen molar-refractivity contribution in [3.05, 3.63) is 11.4 Å². The molecule has 8 heteroatoms. The van der Waals surface area contributed by atoms with Gasteiger partial charge in [0.05, 0.1) is 5.69 Å². The number of nitrogens with zero attached hydrogens (tertiary/aromatic N) is 3. The van der Waals surface area contributed by atoms with Crippen molar-refractivity contribution in [2.24, 2.45) is 0 Å². The van der Waals surface area contributed by atoms with E-state index in [-0.39, 0.29) is 12.1 Å². The molecular formula is C13H20F5N3. The Hall–Kier alpha value is -1.21. The van der Waals surface area contributed by atoms with Gasteiger partial charge in [0.2, 0.25) is 0 Å². The second-order valence-electron chi connectivity index (χ2n) is 4.99. The molecule has 0 aliphatic carbocycles. The number of halogens is 5. The maximum atomic E-state index is 13.5. The molecule has 0 amide bonds. The molecule has 21 heavy (non-hydrogen) atoms. The van der Waals surface area contributed by atoms with Crippen molar-refractivity contribution in [3.8, 4) is 0 Å². The van der Waals surface area contributed by atoms with Gasteiger partial charge in [-0.2, -0.15) is 22.0 Å². The van der Waals surface area contributed by atoms with E-state index in [4.69, 9.17) is 0 Å². The van der Waals surface area contributed by atoms with Crippen LogP contribution in [-0.2, 0) is 18.9 Å². The van der Waals surface area contributed by atoms with Crippen LogP contribution in [0.3, 0.4) is 0 Å². The molecule has 1 rings (SSSR count). The summed E-state index contributed by atoms with van der Waals surface area (Å²) in [5, 5.41) is 6.61. The molecular weight excluding hydrogens is 293 g/mol. The van der Waals surface area contributed by atoms with Crippen molar-refractivity contribution >= 4 is 0 Å². The van der Waals surface area contributed by atoms with Gasteiger partial charge in [-0.25, -0.2) is 4.68 Å². The van der Waals surface area contributed by atoms with Crippen LogP contribution in [0.2, 0.25) is 0 Å². The average Bonchev–Trinajstić information content (AvgIpc) is 2.77. The van der Waals surface area contributed by atoms with E-state index >= 15 is 0 Å². The van der Waals surface area contributed by atoms with Gasteiger partial charge in [0.25, 0.3) is 0 Å². The van der Waals surface area contributed by atoms with E-state index in [0.29, 0.717) is 19.4 Å². The monoisotopic (exact) mass is 313 g/mol. The highest BCUT2D eigenvalue weighted by molar-refractivity contribution is 5.18. The average molecular weight is 313 g/mol. The van der Waals surface area contributed by atoms with Crippen molar-refractivity contribution in [1.29, 1.82) is 0 Å². The van der Waals surface area contributed by atoms with Gasteiger partial charge in [0, 0.05) is 6.54 Å². The second kappa shape index (κ2) is 7.17. The molecule has 0 aliphatic heterocycles. The third-order valence-electron chi connectivity index (χ3n) is 3.20. The summed E-state index contributed by atoms with van der Waals surface area (Å²) < 4.78 is 65.5. The molecule has 3 nitrogen and oxygen atoms in total. The van der Waals surface area contributed by atoms with E-state index in [9.17, 15) is 22.0 Å². The Kier molecular flexibility index (Phi) is 6.10. The van der Waals surface area contributed by atoms with Crippen molar-refractivity contribution in [2.75, 3.05) is 0 Å². The third kappa shape index (κ3) is 4.14. The summed E-state index contributed by atoms with van der Waals surface area (Å²) in [5.74, 6) is -4.96. The Balaban J connectivity index is 2.98. The Labute approximate surface area is 120 Å². The van der Waals surface area contributed by atoms with Crippen LogP contribution in [0.1, 0.15) is 57.3 Å². The Morgan fingerprint density at radius 2 is 1.62 bits per heavy atom. The van der Waals surface area contributed by atoms with Crippen LogP contribution in [0.5, 0.6) is 0 Å². The molecule has 0 fully saturated rings. The standard InChI is InChI=1S/C13H20F5N3/c1-3-5-6-7-9-21-10(8-4-2)11(19-20-21)12(14,15)13(16,17)18/h3-9H2,1-2H3. The van der Waals surface area contributed by atoms with Gasteiger partial charge in [0.1, 0.15) is 0 Å². The summed E-state index contributed by atoms with van der Waals surface area (Å²) in [6.07, 6.45) is -1.54. The van der Waals surface area contributed by atoms with Gasteiger partial charge in [-0.3, -0.25) is 0 Å². The highest BCUT2D eigenvalue weighted by Gasteiger charge is 2.61. The van der Waals surface area contributed by atoms with Crippen molar-refractivity contribution < 1.29 is 22.0 Å². The molecule has 0 radical (unpaired) electrons. The minimum Gasteiger partial charge on any atom is -0.249 e. The second-order valence-corrected chi connectivity index (χ2v) is 4.99. The molecule has 0 saturated carbocycles. The lowest BCUT2D eigenvalue weighted by molar-refractivity contribution is -0.291. The zero-order valence-corrected chi connectivity index (χ0v) is 12.2. The smallest absolute Gasteiger partial charge is 0.249 e.